The molecule has 37 heavy (non-hydrogen) atoms. The summed E-state index contributed by atoms with van der Waals surface area (Å²) >= 11 is 6.21. The predicted octanol–water partition coefficient (Wildman–Crippen LogP) is 6.59. The van der Waals surface area contributed by atoms with E-state index in [0.717, 1.165) is 27.8 Å². The van der Waals surface area contributed by atoms with Crippen LogP contribution in [0.4, 0.5) is 0 Å². The second kappa shape index (κ2) is 10.2. The summed E-state index contributed by atoms with van der Waals surface area (Å²) in [5, 5.41) is 0.585. The van der Waals surface area contributed by atoms with Gasteiger partial charge in [-0.15, -0.1) is 0 Å². The Morgan fingerprint density at radius 3 is 1.97 bits per heavy atom. The van der Waals surface area contributed by atoms with Crippen LogP contribution in [0.3, 0.4) is 0 Å². The number of halogens is 1. The first-order valence-corrected chi connectivity index (χ1v) is 13.8. The molecule has 2 atom stereocenters. The molecule has 0 aliphatic carbocycles. The van der Waals surface area contributed by atoms with Crippen molar-refractivity contribution >= 4 is 21.6 Å². The van der Waals surface area contributed by atoms with Gasteiger partial charge in [-0.3, -0.25) is 0 Å². The van der Waals surface area contributed by atoms with E-state index in [4.69, 9.17) is 21.1 Å². The quantitative estimate of drug-likeness (QED) is 0.280. The molecule has 0 saturated heterocycles. The Morgan fingerprint density at radius 1 is 0.784 bits per heavy atom. The van der Waals surface area contributed by atoms with Crippen molar-refractivity contribution in [1.29, 1.82) is 0 Å². The summed E-state index contributed by atoms with van der Waals surface area (Å²) < 4.78 is 41.4. The number of rotatable bonds is 6. The lowest BCUT2D eigenvalue weighted by Crippen LogP contribution is -2.42. The monoisotopic (exact) mass is 533 g/mol. The summed E-state index contributed by atoms with van der Waals surface area (Å²) in [5.74, 6) is 0.938. The Morgan fingerprint density at radius 2 is 1.38 bits per heavy atom. The van der Waals surface area contributed by atoms with Gasteiger partial charge in [-0.05, 0) is 65.6 Å². The average Bonchev–Trinajstić information content (AvgIpc) is 2.92. The minimum Gasteiger partial charge on any atom is -0.493 e. The first-order valence-electron chi connectivity index (χ1n) is 12.0. The maximum absolute atomic E-state index is 14.3. The molecule has 0 amide bonds. The van der Waals surface area contributed by atoms with E-state index in [2.05, 4.69) is 0 Å². The third-order valence-corrected chi connectivity index (χ3v) is 9.02. The molecule has 4 aromatic rings. The molecule has 5 rings (SSSR count). The van der Waals surface area contributed by atoms with Crippen molar-refractivity contribution in [3.63, 3.8) is 0 Å². The summed E-state index contributed by atoms with van der Waals surface area (Å²) in [7, 11) is -0.687. The van der Waals surface area contributed by atoms with Crippen LogP contribution in [0.5, 0.6) is 11.5 Å². The predicted molar refractivity (Wildman–Crippen MR) is 146 cm³/mol. The third-order valence-electron chi connectivity index (χ3n) is 6.92. The smallest absolute Gasteiger partial charge is 0.243 e. The van der Waals surface area contributed by atoms with Crippen LogP contribution in [0, 0.1) is 6.92 Å². The van der Waals surface area contributed by atoms with Crippen LogP contribution in [0.15, 0.2) is 95.9 Å². The molecule has 0 radical (unpaired) electrons. The molecule has 1 aliphatic rings. The normalized spacial score (nSPS) is 17.7. The molecule has 0 unspecified atom stereocenters. The Bertz CT molecular complexity index is 1500. The molecule has 0 fully saturated rings. The summed E-state index contributed by atoms with van der Waals surface area (Å²) in [6.45, 7) is 2.20. The fourth-order valence-electron chi connectivity index (χ4n) is 5.03. The van der Waals surface area contributed by atoms with Crippen molar-refractivity contribution in [2.75, 3.05) is 20.8 Å². The first kappa shape index (κ1) is 25.3. The molecule has 1 heterocycles. The number of methoxy groups -OCH3 is 2. The van der Waals surface area contributed by atoms with E-state index in [9.17, 15) is 8.42 Å². The molecular formula is C30H28ClNO4S. The lowest BCUT2D eigenvalue weighted by molar-refractivity contribution is 0.319. The maximum atomic E-state index is 14.3. The zero-order valence-corrected chi connectivity index (χ0v) is 22.5. The second-order valence-corrected chi connectivity index (χ2v) is 11.5. The van der Waals surface area contributed by atoms with E-state index in [1.807, 2.05) is 73.7 Å². The molecule has 190 valence electrons. The van der Waals surface area contributed by atoms with E-state index in [0.29, 0.717) is 16.5 Å². The van der Waals surface area contributed by atoms with Gasteiger partial charge >= 0.3 is 0 Å². The highest BCUT2D eigenvalue weighted by Crippen LogP contribution is 2.48. The van der Waals surface area contributed by atoms with Crippen LogP contribution in [-0.4, -0.2) is 33.5 Å². The zero-order chi connectivity index (χ0) is 26.2. The van der Waals surface area contributed by atoms with E-state index in [1.54, 1.807) is 42.8 Å². The summed E-state index contributed by atoms with van der Waals surface area (Å²) in [5.41, 5.74) is 4.68. The van der Waals surface area contributed by atoms with Crippen LogP contribution >= 0.6 is 11.6 Å². The Hall–Kier alpha value is -3.32. The van der Waals surface area contributed by atoms with Crippen molar-refractivity contribution < 1.29 is 17.9 Å². The van der Waals surface area contributed by atoms with E-state index >= 15 is 0 Å². The molecule has 0 bridgehead atoms. The van der Waals surface area contributed by atoms with Crippen LogP contribution in [0.1, 0.15) is 39.8 Å². The largest absolute Gasteiger partial charge is 0.493 e. The summed E-state index contributed by atoms with van der Waals surface area (Å²) in [6.07, 6.45) is 0. The number of aryl methyl sites for hydroxylation is 1. The highest BCUT2D eigenvalue weighted by molar-refractivity contribution is 7.89. The van der Waals surface area contributed by atoms with Gasteiger partial charge in [0.1, 0.15) is 0 Å². The van der Waals surface area contributed by atoms with Crippen molar-refractivity contribution in [1.82, 2.24) is 4.31 Å². The fourth-order valence-corrected chi connectivity index (χ4v) is 6.77. The summed E-state index contributed by atoms with van der Waals surface area (Å²) in [6, 6.07) is 27.6. The van der Waals surface area contributed by atoms with Gasteiger partial charge in [-0.25, -0.2) is 8.42 Å². The molecule has 7 heteroatoms. The topological polar surface area (TPSA) is 55.8 Å². The van der Waals surface area contributed by atoms with Crippen LogP contribution < -0.4 is 9.47 Å². The van der Waals surface area contributed by atoms with Gasteiger partial charge in [0.25, 0.3) is 0 Å². The number of hydrogen-bond acceptors (Lipinski definition) is 4. The van der Waals surface area contributed by atoms with Gasteiger partial charge < -0.3 is 9.47 Å². The molecule has 4 aromatic carbocycles. The first-order chi connectivity index (χ1) is 17.8. The number of sulfonamides is 1. The van der Waals surface area contributed by atoms with Gasteiger partial charge in [-0.2, -0.15) is 4.31 Å². The van der Waals surface area contributed by atoms with E-state index in [-0.39, 0.29) is 17.4 Å². The third kappa shape index (κ3) is 4.73. The van der Waals surface area contributed by atoms with E-state index < -0.39 is 16.1 Å². The SMILES string of the molecule is COc1cc2c(cc1OC)[C@H](c1ccc(Cl)cc1)N(S(=O)(=O)c1ccc(C)cc1)C[C@@H]2c1ccccc1. The Kier molecular flexibility index (Phi) is 6.99. The minimum atomic E-state index is -3.88. The zero-order valence-electron chi connectivity index (χ0n) is 20.9. The van der Waals surface area contributed by atoms with Crippen molar-refractivity contribution in [3.8, 4) is 11.5 Å². The highest BCUT2D eigenvalue weighted by atomic mass is 35.5. The fraction of sp³-hybridized carbons (Fsp3) is 0.200. The van der Waals surface area contributed by atoms with Crippen LogP contribution in [0.2, 0.25) is 5.02 Å². The number of ether oxygens (including phenoxy) is 2. The number of fused-ring (bicyclic) bond motifs is 1. The lowest BCUT2D eigenvalue weighted by atomic mass is 9.80. The van der Waals surface area contributed by atoms with Crippen molar-refractivity contribution in [2.24, 2.45) is 0 Å². The van der Waals surface area contributed by atoms with Gasteiger partial charge in [-0.1, -0.05) is 71.8 Å². The van der Waals surface area contributed by atoms with E-state index in [1.165, 1.54) is 0 Å². The van der Waals surface area contributed by atoms with Crippen LogP contribution in [0.25, 0.3) is 0 Å². The number of benzene rings is 4. The second-order valence-electron chi connectivity index (χ2n) is 9.14. The molecular weight excluding hydrogens is 506 g/mol. The highest BCUT2D eigenvalue weighted by Gasteiger charge is 2.42. The van der Waals surface area contributed by atoms with Gasteiger partial charge in [0, 0.05) is 17.5 Å². The lowest BCUT2D eigenvalue weighted by Gasteiger charge is -2.41. The Labute approximate surface area is 223 Å². The van der Waals surface area contributed by atoms with Crippen LogP contribution in [-0.2, 0) is 10.0 Å². The maximum Gasteiger partial charge on any atom is 0.243 e. The molecule has 0 N–H and O–H groups in total. The molecule has 1 aliphatic heterocycles. The molecule has 0 saturated carbocycles. The van der Waals surface area contributed by atoms with Gasteiger partial charge in [0.2, 0.25) is 10.0 Å². The average molecular weight is 534 g/mol. The molecule has 0 aromatic heterocycles. The van der Waals surface area contributed by atoms with Crippen molar-refractivity contribution in [2.45, 2.75) is 23.8 Å². The Balaban J connectivity index is 1.79. The molecule has 5 nitrogen and oxygen atoms in total. The number of nitrogens with zero attached hydrogens (tertiary/aromatic N) is 1. The van der Waals surface area contributed by atoms with Gasteiger partial charge in [0.15, 0.2) is 11.5 Å². The standard InChI is InChI=1S/C30H28ClNO4S/c1-20-9-15-24(16-10-20)37(33,34)32-19-27(21-7-5-4-6-8-21)25-17-28(35-2)29(36-3)18-26(25)30(32)22-11-13-23(31)14-12-22/h4-18,27,30H,19H2,1-3H3/t27-,30+/m1/s1. The van der Waals surface area contributed by atoms with Gasteiger partial charge in [0.05, 0.1) is 25.2 Å². The van der Waals surface area contributed by atoms with Crippen molar-refractivity contribution in [3.05, 3.63) is 124 Å². The molecule has 0 spiro atoms. The summed E-state index contributed by atoms with van der Waals surface area (Å²) in [4.78, 5) is 0.257. The number of hydrogen-bond donors (Lipinski definition) is 0. The minimum absolute atomic E-state index is 0.209.